The van der Waals surface area contributed by atoms with Gasteiger partial charge in [0.05, 0.1) is 16.4 Å². The third kappa shape index (κ3) is 5.36. The van der Waals surface area contributed by atoms with Crippen LogP contribution in [0, 0.1) is 0 Å². The number of hydrogen-bond donors (Lipinski definition) is 0. The number of rotatable bonds is 7. The Morgan fingerprint density at radius 2 is 0.948 bits per heavy atom. The van der Waals surface area contributed by atoms with Gasteiger partial charge in [-0.3, -0.25) is 9.55 Å². The van der Waals surface area contributed by atoms with Crippen molar-refractivity contribution in [1.82, 2.24) is 14.5 Å². The molecule has 1 aliphatic rings. The minimum absolute atomic E-state index is 0.502. The summed E-state index contributed by atoms with van der Waals surface area (Å²) in [5, 5.41) is 0. The lowest BCUT2D eigenvalue weighted by atomic mass is 9.67. The minimum Gasteiger partial charge on any atom is -0.292 e. The van der Waals surface area contributed by atoms with Crippen molar-refractivity contribution in [2.24, 2.45) is 0 Å². The van der Waals surface area contributed by atoms with Crippen molar-refractivity contribution >= 4 is 11.0 Å². The molecule has 0 spiro atoms. The Hall–Kier alpha value is -7.62. The van der Waals surface area contributed by atoms with Gasteiger partial charge in [-0.15, -0.1) is 0 Å². The minimum atomic E-state index is -0.502. The summed E-state index contributed by atoms with van der Waals surface area (Å²) in [5.41, 5.74) is 18.2. The summed E-state index contributed by atoms with van der Waals surface area (Å²) < 4.78 is 2.26. The van der Waals surface area contributed by atoms with Crippen molar-refractivity contribution in [3.8, 4) is 61.6 Å². The molecule has 0 saturated heterocycles. The summed E-state index contributed by atoms with van der Waals surface area (Å²) in [5.74, 6) is 0.920. The van der Waals surface area contributed by atoms with Gasteiger partial charge in [-0.25, -0.2) is 4.98 Å². The quantitative estimate of drug-likeness (QED) is 0.163. The highest BCUT2D eigenvalue weighted by Crippen LogP contribution is 2.58. The molecule has 0 radical (unpaired) electrons. The van der Waals surface area contributed by atoms with E-state index in [2.05, 4.69) is 216 Å². The van der Waals surface area contributed by atoms with Crippen LogP contribution in [-0.2, 0) is 5.41 Å². The van der Waals surface area contributed by atoms with Crippen molar-refractivity contribution in [2.75, 3.05) is 0 Å². The van der Waals surface area contributed by atoms with Crippen molar-refractivity contribution in [3.63, 3.8) is 0 Å². The third-order valence-corrected chi connectivity index (χ3v) is 11.8. The zero-order chi connectivity index (χ0) is 38.5. The van der Waals surface area contributed by atoms with Crippen LogP contribution in [0.3, 0.4) is 0 Å². The number of imidazole rings is 1. The van der Waals surface area contributed by atoms with E-state index in [-0.39, 0.29) is 0 Å². The Morgan fingerprint density at radius 3 is 1.62 bits per heavy atom. The molecule has 58 heavy (non-hydrogen) atoms. The smallest absolute Gasteiger partial charge is 0.145 e. The van der Waals surface area contributed by atoms with Crippen LogP contribution >= 0.6 is 0 Å². The molecule has 1 aliphatic carbocycles. The molecule has 0 saturated carbocycles. The molecule has 0 aliphatic heterocycles. The lowest BCUT2D eigenvalue weighted by Crippen LogP contribution is -2.28. The first-order chi connectivity index (χ1) is 28.8. The molecule has 0 unspecified atom stereocenters. The van der Waals surface area contributed by atoms with Crippen LogP contribution in [0.15, 0.2) is 225 Å². The van der Waals surface area contributed by atoms with Crippen molar-refractivity contribution in [2.45, 2.75) is 5.41 Å². The Bertz CT molecular complexity index is 3020. The van der Waals surface area contributed by atoms with E-state index in [0.29, 0.717) is 0 Å². The molecule has 2 aromatic heterocycles. The van der Waals surface area contributed by atoms with Crippen molar-refractivity contribution in [1.29, 1.82) is 0 Å². The maximum absolute atomic E-state index is 5.16. The van der Waals surface area contributed by atoms with E-state index in [1.54, 1.807) is 0 Å². The average molecular weight is 740 g/mol. The largest absolute Gasteiger partial charge is 0.292 e. The number of pyridine rings is 1. The van der Waals surface area contributed by atoms with Crippen molar-refractivity contribution < 1.29 is 0 Å². The van der Waals surface area contributed by atoms with Crippen LogP contribution in [0.25, 0.3) is 72.6 Å². The van der Waals surface area contributed by atoms with Crippen LogP contribution in [0.5, 0.6) is 0 Å². The average Bonchev–Trinajstić information content (AvgIpc) is 3.84. The molecule has 3 nitrogen and oxygen atoms in total. The zero-order valence-electron chi connectivity index (χ0n) is 31.7. The first kappa shape index (κ1) is 33.7. The van der Waals surface area contributed by atoms with Gasteiger partial charge in [-0.2, -0.15) is 0 Å². The van der Waals surface area contributed by atoms with E-state index < -0.39 is 5.41 Å². The van der Waals surface area contributed by atoms with Crippen molar-refractivity contribution in [3.05, 3.63) is 247 Å². The number of hydrogen-bond acceptors (Lipinski definition) is 2. The standard InChI is InChI=1S/C55H37N3/c1-4-16-43(17-5-1)55(44-18-6-2-7-19-44)50-23-11-10-22-46(50)49-35-47(48(36-51(49)55)40-28-26-38(27-29-40)42-15-14-34-56-37-42)39-30-32-41(33-31-39)54-57-52-24-12-13-25-53(52)58(54)45-20-8-3-9-21-45/h1-37H. The van der Waals surface area contributed by atoms with Crippen LogP contribution in [-0.4, -0.2) is 14.5 Å². The zero-order valence-corrected chi connectivity index (χ0v) is 31.7. The SMILES string of the molecule is c1ccc(-n2c(-c3ccc(-c4cc5c(cc4-c4ccc(-c6cccnc6)cc4)C(c4ccccc4)(c4ccccc4)c4ccccc4-5)cc3)nc3ccccc32)cc1. The summed E-state index contributed by atoms with van der Waals surface area (Å²) in [7, 11) is 0. The van der Waals surface area contributed by atoms with Gasteiger partial charge in [0.1, 0.15) is 5.82 Å². The highest BCUT2D eigenvalue weighted by Gasteiger charge is 2.46. The van der Waals surface area contributed by atoms with Gasteiger partial charge >= 0.3 is 0 Å². The molecule has 8 aromatic carbocycles. The molecule has 0 N–H and O–H groups in total. The second kappa shape index (κ2) is 13.8. The topological polar surface area (TPSA) is 30.7 Å². The Kier molecular flexibility index (Phi) is 8.04. The van der Waals surface area contributed by atoms with E-state index in [1.807, 2.05) is 18.5 Å². The first-order valence-corrected chi connectivity index (χ1v) is 19.8. The number of benzene rings is 8. The summed E-state index contributed by atoms with van der Waals surface area (Å²) in [6, 6.07) is 76.9. The van der Waals surface area contributed by atoms with Crippen LogP contribution < -0.4 is 0 Å². The van der Waals surface area contributed by atoms with Crippen LogP contribution in [0.2, 0.25) is 0 Å². The molecule has 272 valence electrons. The van der Waals surface area contributed by atoms with Gasteiger partial charge in [-0.1, -0.05) is 170 Å². The van der Waals surface area contributed by atoms with E-state index in [0.717, 1.165) is 50.4 Å². The predicted molar refractivity (Wildman–Crippen MR) is 238 cm³/mol. The number of fused-ring (bicyclic) bond motifs is 4. The predicted octanol–water partition coefficient (Wildman–Crippen LogP) is 13.5. The fourth-order valence-corrected chi connectivity index (χ4v) is 9.20. The molecule has 0 fully saturated rings. The van der Waals surface area contributed by atoms with Crippen LogP contribution in [0.1, 0.15) is 22.3 Å². The molecular weight excluding hydrogens is 703 g/mol. The molecule has 0 bridgehead atoms. The fourth-order valence-electron chi connectivity index (χ4n) is 9.20. The van der Waals surface area contributed by atoms with Gasteiger partial charge in [0.25, 0.3) is 0 Å². The highest BCUT2D eigenvalue weighted by atomic mass is 15.1. The van der Waals surface area contributed by atoms with Gasteiger partial charge in [-0.05, 0) is 109 Å². The van der Waals surface area contributed by atoms with E-state index in [1.165, 1.54) is 44.5 Å². The molecule has 3 heteroatoms. The molecular formula is C55H37N3. The summed E-state index contributed by atoms with van der Waals surface area (Å²) >= 11 is 0. The lowest BCUT2D eigenvalue weighted by molar-refractivity contribution is 0.769. The van der Waals surface area contributed by atoms with Crippen LogP contribution in [0.4, 0.5) is 0 Å². The third-order valence-electron chi connectivity index (χ3n) is 11.8. The van der Waals surface area contributed by atoms with E-state index in [9.17, 15) is 0 Å². The van der Waals surface area contributed by atoms with E-state index in [4.69, 9.17) is 4.98 Å². The maximum Gasteiger partial charge on any atom is 0.145 e. The first-order valence-electron chi connectivity index (χ1n) is 19.8. The highest BCUT2D eigenvalue weighted by molar-refractivity contribution is 5.95. The lowest BCUT2D eigenvalue weighted by Gasteiger charge is -2.34. The number of nitrogens with zero attached hydrogens (tertiary/aromatic N) is 3. The second-order valence-electron chi connectivity index (χ2n) is 15.0. The Balaban J connectivity index is 1.14. The molecule has 2 heterocycles. The summed E-state index contributed by atoms with van der Waals surface area (Å²) in [6.45, 7) is 0. The van der Waals surface area contributed by atoms with E-state index >= 15 is 0 Å². The maximum atomic E-state index is 5.16. The number of para-hydroxylation sites is 3. The summed E-state index contributed by atoms with van der Waals surface area (Å²) in [4.78, 5) is 9.55. The molecule has 10 aromatic rings. The summed E-state index contributed by atoms with van der Waals surface area (Å²) in [6.07, 6.45) is 3.75. The molecule has 0 amide bonds. The second-order valence-corrected chi connectivity index (χ2v) is 15.0. The molecule has 0 atom stereocenters. The Labute approximate surface area is 338 Å². The van der Waals surface area contributed by atoms with Gasteiger partial charge in [0.2, 0.25) is 0 Å². The number of aromatic nitrogens is 3. The fraction of sp³-hybridized carbons (Fsp3) is 0.0182. The van der Waals surface area contributed by atoms with Gasteiger partial charge in [0.15, 0.2) is 0 Å². The monoisotopic (exact) mass is 739 g/mol. The molecule has 11 rings (SSSR count). The van der Waals surface area contributed by atoms with Gasteiger partial charge in [0, 0.05) is 23.6 Å². The Morgan fingerprint density at radius 1 is 0.379 bits per heavy atom. The normalized spacial score (nSPS) is 12.6. The van der Waals surface area contributed by atoms with Gasteiger partial charge < -0.3 is 0 Å².